The van der Waals surface area contributed by atoms with Crippen LogP contribution in [0.15, 0.2) is 0 Å². The van der Waals surface area contributed by atoms with Crippen molar-refractivity contribution in [1.29, 1.82) is 0 Å². The van der Waals surface area contributed by atoms with Crippen molar-refractivity contribution in [3.05, 3.63) is 5.15 Å². The van der Waals surface area contributed by atoms with Crippen LogP contribution in [-0.4, -0.2) is 15.3 Å². The first-order valence-corrected chi connectivity index (χ1v) is 7.08. The molecular formula is C11H18ClN3S. The van der Waals surface area contributed by atoms with Crippen molar-refractivity contribution in [3.8, 4) is 0 Å². The molecule has 0 radical (unpaired) electrons. The number of anilines is 1. The van der Waals surface area contributed by atoms with Gasteiger partial charge in [-0.1, -0.05) is 37.8 Å². The summed E-state index contributed by atoms with van der Waals surface area (Å²) in [5.74, 6) is 2.53. The summed E-state index contributed by atoms with van der Waals surface area (Å²) in [6, 6.07) is 0. The van der Waals surface area contributed by atoms with Crippen molar-refractivity contribution in [2.24, 2.45) is 11.8 Å². The van der Waals surface area contributed by atoms with E-state index in [1.54, 1.807) is 0 Å². The van der Waals surface area contributed by atoms with Crippen LogP contribution in [0.2, 0.25) is 5.15 Å². The second kappa shape index (κ2) is 5.82. The number of hydrogen-bond donors (Lipinski definition) is 1. The Hall–Kier alpha value is -0.350. The smallest absolute Gasteiger partial charge is 0.186 e. The highest BCUT2D eigenvalue weighted by Crippen LogP contribution is 2.30. The van der Waals surface area contributed by atoms with Crippen LogP contribution in [0.1, 0.15) is 39.0 Å². The molecule has 5 heteroatoms. The van der Waals surface area contributed by atoms with E-state index in [4.69, 9.17) is 11.6 Å². The summed E-state index contributed by atoms with van der Waals surface area (Å²) in [4.78, 5) is 0. The predicted octanol–water partition coefficient (Wildman–Crippen LogP) is 3.82. The zero-order valence-corrected chi connectivity index (χ0v) is 11.2. The van der Waals surface area contributed by atoms with Crippen molar-refractivity contribution >= 4 is 29.1 Å². The first-order chi connectivity index (χ1) is 7.75. The third kappa shape index (κ3) is 3.32. The van der Waals surface area contributed by atoms with E-state index in [2.05, 4.69) is 21.0 Å². The van der Waals surface area contributed by atoms with Crippen LogP contribution in [0.25, 0.3) is 0 Å². The Bertz CT molecular complexity index is 329. The molecular weight excluding hydrogens is 242 g/mol. The normalized spacial score (nSPS) is 25.6. The molecule has 0 spiro atoms. The highest BCUT2D eigenvalue weighted by molar-refractivity contribution is 6.99. The average molecular weight is 260 g/mol. The lowest BCUT2D eigenvalue weighted by Crippen LogP contribution is -2.16. The lowest BCUT2D eigenvalue weighted by molar-refractivity contribution is 0.274. The quantitative estimate of drug-likeness (QED) is 0.893. The van der Waals surface area contributed by atoms with E-state index in [-0.39, 0.29) is 0 Å². The summed E-state index contributed by atoms with van der Waals surface area (Å²) in [6.07, 6.45) is 6.79. The van der Waals surface area contributed by atoms with Gasteiger partial charge in [0.05, 0.1) is 11.7 Å². The molecule has 1 aromatic heterocycles. The van der Waals surface area contributed by atoms with Crippen molar-refractivity contribution in [1.82, 2.24) is 8.75 Å². The molecule has 1 aromatic rings. The van der Waals surface area contributed by atoms with Crippen LogP contribution >= 0.6 is 23.3 Å². The maximum Gasteiger partial charge on any atom is 0.186 e. The van der Waals surface area contributed by atoms with Gasteiger partial charge in [-0.25, -0.2) is 0 Å². The highest BCUT2D eigenvalue weighted by atomic mass is 35.5. The minimum atomic E-state index is 0.502. The van der Waals surface area contributed by atoms with Gasteiger partial charge in [0.25, 0.3) is 0 Å². The minimum Gasteiger partial charge on any atom is -0.367 e. The van der Waals surface area contributed by atoms with Crippen LogP contribution in [0.3, 0.4) is 0 Å². The maximum absolute atomic E-state index is 5.86. The fourth-order valence-corrected chi connectivity index (χ4v) is 3.18. The fraction of sp³-hybridized carbons (Fsp3) is 0.818. The molecule has 90 valence electrons. The van der Waals surface area contributed by atoms with E-state index in [0.29, 0.717) is 5.15 Å². The topological polar surface area (TPSA) is 37.8 Å². The molecule has 1 aliphatic rings. The van der Waals surface area contributed by atoms with Crippen LogP contribution in [0.5, 0.6) is 0 Å². The average Bonchev–Trinajstić information content (AvgIpc) is 2.65. The standard InChI is InChI=1S/C11H18ClN3S/c1-8-3-2-4-9(7-8)5-6-13-11-10(12)14-16-15-11/h8-9H,2-7H2,1H3,(H,13,15). The molecule has 1 heterocycles. The molecule has 1 aliphatic carbocycles. The van der Waals surface area contributed by atoms with Gasteiger partial charge in [-0.15, -0.1) is 0 Å². The van der Waals surface area contributed by atoms with Crippen molar-refractivity contribution < 1.29 is 0 Å². The van der Waals surface area contributed by atoms with Gasteiger partial charge in [-0.05, 0) is 24.7 Å². The zero-order valence-electron chi connectivity index (χ0n) is 9.58. The Morgan fingerprint density at radius 1 is 1.44 bits per heavy atom. The molecule has 0 aliphatic heterocycles. The maximum atomic E-state index is 5.86. The lowest BCUT2D eigenvalue weighted by atomic mass is 9.81. The van der Waals surface area contributed by atoms with Crippen molar-refractivity contribution in [2.45, 2.75) is 39.0 Å². The van der Waals surface area contributed by atoms with Gasteiger partial charge in [-0.3, -0.25) is 0 Å². The van der Waals surface area contributed by atoms with Gasteiger partial charge in [0.1, 0.15) is 0 Å². The van der Waals surface area contributed by atoms with Crippen LogP contribution in [0.4, 0.5) is 5.82 Å². The van der Waals surface area contributed by atoms with Gasteiger partial charge < -0.3 is 5.32 Å². The molecule has 0 saturated heterocycles. The summed E-state index contributed by atoms with van der Waals surface area (Å²) in [7, 11) is 0. The number of nitrogens with one attached hydrogen (secondary N) is 1. The summed E-state index contributed by atoms with van der Waals surface area (Å²) in [5, 5.41) is 3.76. The van der Waals surface area contributed by atoms with Gasteiger partial charge in [-0.2, -0.15) is 8.75 Å². The third-order valence-electron chi connectivity index (χ3n) is 3.34. The molecule has 3 nitrogen and oxygen atoms in total. The number of aromatic nitrogens is 2. The molecule has 0 bridgehead atoms. The predicted molar refractivity (Wildman–Crippen MR) is 69.1 cm³/mol. The van der Waals surface area contributed by atoms with Gasteiger partial charge in [0.2, 0.25) is 0 Å². The summed E-state index contributed by atoms with van der Waals surface area (Å²) in [6.45, 7) is 3.32. The largest absolute Gasteiger partial charge is 0.367 e. The van der Waals surface area contributed by atoms with Gasteiger partial charge in [0.15, 0.2) is 11.0 Å². The van der Waals surface area contributed by atoms with Crippen LogP contribution in [-0.2, 0) is 0 Å². The molecule has 0 amide bonds. The second-order valence-electron chi connectivity index (χ2n) is 4.76. The highest BCUT2D eigenvalue weighted by Gasteiger charge is 2.18. The Morgan fingerprint density at radius 3 is 3.00 bits per heavy atom. The first kappa shape index (κ1) is 12.1. The van der Waals surface area contributed by atoms with E-state index < -0.39 is 0 Å². The molecule has 1 fully saturated rings. The Balaban J connectivity index is 1.70. The number of rotatable bonds is 4. The van der Waals surface area contributed by atoms with Gasteiger partial charge in [0, 0.05) is 6.54 Å². The van der Waals surface area contributed by atoms with E-state index in [9.17, 15) is 0 Å². The number of hydrogen-bond acceptors (Lipinski definition) is 4. The summed E-state index contributed by atoms with van der Waals surface area (Å²) in [5.41, 5.74) is 0. The number of halogens is 1. The molecule has 1 saturated carbocycles. The first-order valence-electron chi connectivity index (χ1n) is 5.97. The second-order valence-corrected chi connectivity index (χ2v) is 5.64. The van der Waals surface area contributed by atoms with E-state index in [0.717, 1.165) is 35.9 Å². The summed E-state index contributed by atoms with van der Waals surface area (Å²) >= 11 is 7.02. The van der Waals surface area contributed by atoms with E-state index >= 15 is 0 Å². The summed E-state index contributed by atoms with van der Waals surface area (Å²) < 4.78 is 8.03. The fourth-order valence-electron chi connectivity index (χ4n) is 2.50. The van der Waals surface area contributed by atoms with Crippen LogP contribution < -0.4 is 5.32 Å². The molecule has 2 unspecified atom stereocenters. The SMILES string of the molecule is CC1CCCC(CCNc2nsnc2Cl)C1. The minimum absolute atomic E-state index is 0.502. The van der Waals surface area contributed by atoms with Gasteiger partial charge >= 0.3 is 0 Å². The Labute approximate surface area is 106 Å². The van der Waals surface area contributed by atoms with Crippen molar-refractivity contribution in [3.63, 3.8) is 0 Å². The monoisotopic (exact) mass is 259 g/mol. The van der Waals surface area contributed by atoms with E-state index in [1.807, 2.05) is 0 Å². The molecule has 16 heavy (non-hydrogen) atoms. The number of nitrogens with zero attached hydrogens (tertiary/aromatic N) is 2. The lowest BCUT2D eigenvalue weighted by Gasteiger charge is -2.26. The third-order valence-corrected chi connectivity index (χ3v) is 4.23. The zero-order chi connectivity index (χ0) is 11.4. The van der Waals surface area contributed by atoms with Crippen LogP contribution in [0, 0.1) is 11.8 Å². The Morgan fingerprint density at radius 2 is 2.31 bits per heavy atom. The van der Waals surface area contributed by atoms with E-state index in [1.165, 1.54) is 32.1 Å². The molecule has 0 aromatic carbocycles. The molecule has 2 rings (SSSR count). The Kier molecular flexibility index (Phi) is 4.41. The molecule has 2 atom stereocenters. The molecule has 1 N–H and O–H groups in total. The van der Waals surface area contributed by atoms with Crippen molar-refractivity contribution in [2.75, 3.05) is 11.9 Å².